The van der Waals surface area contributed by atoms with Crippen LogP contribution in [0.3, 0.4) is 0 Å². The van der Waals surface area contributed by atoms with Crippen LogP contribution in [0.25, 0.3) is 0 Å². The first-order valence-electron chi connectivity index (χ1n) is 6.28. The van der Waals surface area contributed by atoms with E-state index in [1.807, 2.05) is 18.2 Å². The van der Waals surface area contributed by atoms with Gasteiger partial charge in [0.1, 0.15) is 5.75 Å². The molecule has 0 aliphatic carbocycles. The summed E-state index contributed by atoms with van der Waals surface area (Å²) in [5, 5.41) is 0.636. The summed E-state index contributed by atoms with van der Waals surface area (Å²) < 4.78 is 5.73. The Morgan fingerprint density at radius 2 is 2.28 bits per heavy atom. The van der Waals surface area contributed by atoms with Crippen LogP contribution in [0.1, 0.15) is 31.7 Å². The fraction of sp³-hybridized carbons (Fsp3) is 0.467. The topological polar surface area (TPSA) is 35.2 Å². The third-order valence-corrected chi connectivity index (χ3v) is 3.06. The monoisotopic (exact) mass is 265 g/mol. The Hall–Kier alpha value is -1.17. The molecule has 2 N–H and O–H groups in total. The van der Waals surface area contributed by atoms with Crippen molar-refractivity contribution in [3.05, 3.63) is 28.8 Å². The zero-order valence-electron chi connectivity index (χ0n) is 10.8. The molecule has 0 fully saturated rings. The van der Waals surface area contributed by atoms with Crippen LogP contribution in [0.2, 0.25) is 5.02 Å². The zero-order chi connectivity index (χ0) is 13.4. The number of hydrogen-bond donors (Lipinski definition) is 1. The molecular weight excluding hydrogens is 246 g/mol. The van der Waals surface area contributed by atoms with Crippen LogP contribution in [0, 0.1) is 12.3 Å². The highest BCUT2D eigenvalue weighted by molar-refractivity contribution is 6.32. The molecule has 0 amide bonds. The standard InChI is InChI=1S/C15H20ClNO/c1-3-5-6-10-18-15-12(11-13(17)4-2)8-7-9-14(15)16/h1,7-9,13H,4-6,10-11,17H2,2H3. The number of terminal acetylenes is 1. The summed E-state index contributed by atoms with van der Waals surface area (Å²) in [6.07, 6.45) is 8.47. The Morgan fingerprint density at radius 1 is 1.50 bits per heavy atom. The van der Waals surface area contributed by atoms with Crippen molar-refractivity contribution >= 4 is 11.6 Å². The Kier molecular flexibility index (Phi) is 6.64. The first-order valence-corrected chi connectivity index (χ1v) is 6.66. The van der Waals surface area contributed by atoms with Crippen molar-refractivity contribution in [3.63, 3.8) is 0 Å². The van der Waals surface area contributed by atoms with Gasteiger partial charge in [-0.2, -0.15) is 0 Å². The molecule has 0 radical (unpaired) electrons. The number of hydrogen-bond acceptors (Lipinski definition) is 2. The molecule has 2 nitrogen and oxygen atoms in total. The minimum absolute atomic E-state index is 0.136. The van der Waals surface area contributed by atoms with Gasteiger partial charge in [-0.15, -0.1) is 12.3 Å². The third kappa shape index (κ3) is 4.60. The lowest BCUT2D eigenvalue weighted by molar-refractivity contribution is 0.309. The molecule has 1 unspecified atom stereocenters. The van der Waals surface area contributed by atoms with Crippen molar-refractivity contribution in [2.24, 2.45) is 5.73 Å². The Morgan fingerprint density at radius 3 is 2.94 bits per heavy atom. The second kappa shape index (κ2) is 8.02. The molecule has 1 rings (SSSR count). The maximum absolute atomic E-state index is 6.16. The van der Waals surface area contributed by atoms with Gasteiger partial charge < -0.3 is 10.5 Å². The number of benzene rings is 1. The lowest BCUT2D eigenvalue weighted by Gasteiger charge is -2.15. The maximum Gasteiger partial charge on any atom is 0.141 e. The van der Waals surface area contributed by atoms with Gasteiger partial charge in [0.05, 0.1) is 11.6 Å². The highest BCUT2D eigenvalue weighted by Gasteiger charge is 2.11. The lowest BCUT2D eigenvalue weighted by Crippen LogP contribution is -2.21. The number of ether oxygens (including phenoxy) is 1. The molecule has 0 aliphatic rings. The summed E-state index contributed by atoms with van der Waals surface area (Å²) in [6.45, 7) is 2.66. The van der Waals surface area contributed by atoms with Crippen molar-refractivity contribution in [2.45, 2.75) is 38.6 Å². The molecule has 0 aliphatic heterocycles. The quantitative estimate of drug-likeness (QED) is 0.606. The molecular formula is C15H20ClNO. The SMILES string of the molecule is C#CCCCOc1c(Cl)cccc1CC(N)CC. The molecule has 0 saturated carbocycles. The molecule has 0 bridgehead atoms. The van der Waals surface area contributed by atoms with Crippen LogP contribution in [0.5, 0.6) is 5.75 Å². The number of rotatable bonds is 7. The molecule has 1 aromatic carbocycles. The average Bonchev–Trinajstić information content (AvgIpc) is 2.37. The molecule has 1 atom stereocenters. The molecule has 3 heteroatoms. The van der Waals surface area contributed by atoms with Gasteiger partial charge in [0.2, 0.25) is 0 Å². The van der Waals surface area contributed by atoms with E-state index in [0.717, 1.165) is 30.6 Å². The molecule has 98 valence electrons. The predicted octanol–water partition coefficient (Wildman–Crippen LogP) is 3.41. The minimum atomic E-state index is 0.136. The van der Waals surface area contributed by atoms with Crippen LogP contribution in [-0.4, -0.2) is 12.6 Å². The Balaban J connectivity index is 2.71. The summed E-state index contributed by atoms with van der Waals surface area (Å²) in [5.41, 5.74) is 7.04. The van der Waals surface area contributed by atoms with E-state index in [4.69, 9.17) is 28.5 Å². The second-order valence-electron chi connectivity index (χ2n) is 4.26. The average molecular weight is 266 g/mol. The van der Waals surface area contributed by atoms with E-state index in [1.165, 1.54) is 0 Å². The van der Waals surface area contributed by atoms with E-state index in [-0.39, 0.29) is 6.04 Å². The van der Waals surface area contributed by atoms with Gasteiger partial charge in [-0.3, -0.25) is 0 Å². The van der Waals surface area contributed by atoms with Gasteiger partial charge in [-0.25, -0.2) is 0 Å². The summed E-state index contributed by atoms with van der Waals surface area (Å²) in [6, 6.07) is 5.90. The highest BCUT2D eigenvalue weighted by atomic mass is 35.5. The highest BCUT2D eigenvalue weighted by Crippen LogP contribution is 2.29. The van der Waals surface area contributed by atoms with Crippen molar-refractivity contribution in [1.29, 1.82) is 0 Å². The van der Waals surface area contributed by atoms with Crippen LogP contribution >= 0.6 is 11.6 Å². The molecule has 1 aromatic rings. The van der Waals surface area contributed by atoms with Crippen molar-refractivity contribution in [2.75, 3.05) is 6.61 Å². The molecule has 0 spiro atoms. The fourth-order valence-electron chi connectivity index (χ4n) is 1.65. The molecule has 18 heavy (non-hydrogen) atoms. The van der Waals surface area contributed by atoms with E-state index < -0.39 is 0 Å². The van der Waals surface area contributed by atoms with Crippen molar-refractivity contribution < 1.29 is 4.74 Å². The molecule has 0 saturated heterocycles. The number of nitrogens with two attached hydrogens (primary N) is 1. The van der Waals surface area contributed by atoms with Crippen molar-refractivity contribution in [1.82, 2.24) is 0 Å². The fourth-order valence-corrected chi connectivity index (χ4v) is 1.90. The van der Waals surface area contributed by atoms with Gasteiger partial charge in [-0.05, 0) is 30.9 Å². The predicted molar refractivity (Wildman–Crippen MR) is 77.0 cm³/mol. The van der Waals surface area contributed by atoms with Gasteiger partial charge >= 0.3 is 0 Å². The van der Waals surface area contributed by atoms with Crippen LogP contribution in [-0.2, 0) is 6.42 Å². The first-order chi connectivity index (χ1) is 8.69. The van der Waals surface area contributed by atoms with Gasteiger partial charge in [0, 0.05) is 12.5 Å². The number of halogens is 1. The van der Waals surface area contributed by atoms with Crippen LogP contribution in [0.4, 0.5) is 0 Å². The van der Waals surface area contributed by atoms with Crippen LogP contribution in [0.15, 0.2) is 18.2 Å². The van der Waals surface area contributed by atoms with Gasteiger partial charge in [0.15, 0.2) is 0 Å². The van der Waals surface area contributed by atoms with Gasteiger partial charge in [0.25, 0.3) is 0 Å². The Bertz CT molecular complexity index is 411. The number of unbranched alkanes of at least 4 members (excludes halogenated alkanes) is 1. The van der Waals surface area contributed by atoms with Crippen molar-refractivity contribution in [3.8, 4) is 18.1 Å². The van der Waals surface area contributed by atoms with E-state index in [2.05, 4.69) is 12.8 Å². The smallest absolute Gasteiger partial charge is 0.141 e. The molecule has 0 heterocycles. The molecule has 0 aromatic heterocycles. The van der Waals surface area contributed by atoms with E-state index >= 15 is 0 Å². The summed E-state index contributed by atoms with van der Waals surface area (Å²) in [4.78, 5) is 0. The third-order valence-electron chi connectivity index (χ3n) is 2.77. The minimum Gasteiger partial charge on any atom is -0.492 e. The van der Waals surface area contributed by atoms with E-state index in [0.29, 0.717) is 18.1 Å². The second-order valence-corrected chi connectivity index (χ2v) is 4.66. The largest absolute Gasteiger partial charge is 0.492 e. The number of para-hydroxylation sites is 1. The summed E-state index contributed by atoms with van der Waals surface area (Å²) in [7, 11) is 0. The maximum atomic E-state index is 6.16. The van der Waals surface area contributed by atoms with Gasteiger partial charge in [-0.1, -0.05) is 30.7 Å². The van der Waals surface area contributed by atoms with E-state index in [1.54, 1.807) is 0 Å². The van der Waals surface area contributed by atoms with E-state index in [9.17, 15) is 0 Å². The lowest BCUT2D eigenvalue weighted by atomic mass is 10.0. The summed E-state index contributed by atoms with van der Waals surface area (Å²) in [5.74, 6) is 3.34. The van der Waals surface area contributed by atoms with Crippen LogP contribution < -0.4 is 10.5 Å². The first kappa shape index (κ1) is 14.9. The Labute approximate surface area is 114 Å². The summed E-state index contributed by atoms with van der Waals surface area (Å²) >= 11 is 6.16. The normalized spacial score (nSPS) is 11.9. The zero-order valence-corrected chi connectivity index (χ0v) is 11.5.